The van der Waals surface area contributed by atoms with Gasteiger partial charge < -0.3 is 25.0 Å². The fourth-order valence-corrected chi connectivity index (χ4v) is 6.65. The summed E-state index contributed by atoms with van der Waals surface area (Å²) < 4.78 is 19.8. The van der Waals surface area contributed by atoms with Gasteiger partial charge in [-0.25, -0.2) is 9.37 Å². The van der Waals surface area contributed by atoms with Crippen LogP contribution in [0.1, 0.15) is 32.7 Å². The highest BCUT2D eigenvalue weighted by Gasteiger charge is 2.29. The standard InChI is InChI=1S/C35H33FN4O3S/c1-23-10-8-14-27(36)32(23)38-34(41)30-22-24-18-19-40(29-16-7-6-13-26(29)33(24)44-30)35(42)28-15-9-17-31(37-28)39(20-21-43-2)25-11-4-3-5-12-25/h3-17,22,35,42H,18-21H2,1-2H3,(H,38,41). The predicted molar refractivity (Wildman–Crippen MR) is 174 cm³/mol. The van der Waals surface area contributed by atoms with Gasteiger partial charge in [-0.3, -0.25) is 4.79 Å². The number of nitrogens with zero attached hydrogens (tertiary/aromatic N) is 3. The molecule has 3 aromatic carbocycles. The second-order valence-electron chi connectivity index (χ2n) is 10.6. The topological polar surface area (TPSA) is 77.9 Å². The van der Waals surface area contributed by atoms with E-state index in [1.54, 1.807) is 26.2 Å². The molecule has 2 aromatic heterocycles. The smallest absolute Gasteiger partial charge is 0.265 e. The summed E-state index contributed by atoms with van der Waals surface area (Å²) in [5, 5.41) is 14.5. The van der Waals surface area contributed by atoms with Gasteiger partial charge in [-0.05, 0) is 66.9 Å². The van der Waals surface area contributed by atoms with Crippen molar-refractivity contribution in [2.75, 3.05) is 41.9 Å². The van der Waals surface area contributed by atoms with Crippen LogP contribution in [0.5, 0.6) is 0 Å². The number of aliphatic hydroxyl groups excluding tert-OH is 1. The molecule has 6 rings (SSSR count). The Morgan fingerprint density at radius 3 is 2.64 bits per heavy atom. The molecule has 0 spiro atoms. The summed E-state index contributed by atoms with van der Waals surface area (Å²) in [5.41, 5.74) is 5.15. The Morgan fingerprint density at radius 1 is 1.07 bits per heavy atom. The van der Waals surface area contributed by atoms with E-state index in [0.29, 0.717) is 48.1 Å². The van der Waals surface area contributed by atoms with Gasteiger partial charge in [0.1, 0.15) is 11.6 Å². The third-order valence-corrected chi connectivity index (χ3v) is 8.96. The summed E-state index contributed by atoms with van der Waals surface area (Å²) >= 11 is 1.37. The molecule has 0 saturated heterocycles. The molecule has 1 unspecified atom stereocenters. The number of para-hydroxylation sites is 3. The van der Waals surface area contributed by atoms with Gasteiger partial charge in [-0.2, -0.15) is 0 Å². The number of aliphatic hydroxyl groups is 1. The molecule has 2 N–H and O–H groups in total. The predicted octanol–water partition coefficient (Wildman–Crippen LogP) is 7.35. The number of hydrogen-bond acceptors (Lipinski definition) is 7. The minimum absolute atomic E-state index is 0.193. The van der Waals surface area contributed by atoms with Gasteiger partial charge in [0.15, 0.2) is 6.23 Å². The van der Waals surface area contributed by atoms with Crippen molar-refractivity contribution in [1.29, 1.82) is 0 Å². The van der Waals surface area contributed by atoms with Gasteiger partial charge in [0, 0.05) is 42.0 Å². The minimum Gasteiger partial charge on any atom is -0.383 e. The molecule has 0 aliphatic carbocycles. The molecule has 9 heteroatoms. The second kappa shape index (κ2) is 13.0. The van der Waals surface area contributed by atoms with Crippen LogP contribution >= 0.6 is 11.3 Å². The molecular weight excluding hydrogens is 575 g/mol. The van der Waals surface area contributed by atoms with Crippen LogP contribution in [-0.4, -0.2) is 42.8 Å². The monoisotopic (exact) mass is 608 g/mol. The molecule has 1 atom stereocenters. The maximum Gasteiger partial charge on any atom is 0.265 e. The number of carbonyl (C=O) groups excluding carboxylic acids is 1. The normalized spacial score (nSPS) is 13.0. The van der Waals surface area contributed by atoms with E-state index in [4.69, 9.17) is 9.72 Å². The summed E-state index contributed by atoms with van der Waals surface area (Å²) in [6, 6.07) is 30.1. The molecule has 0 radical (unpaired) electrons. The molecule has 1 aliphatic rings. The molecule has 3 heterocycles. The number of aromatic nitrogens is 1. The van der Waals surface area contributed by atoms with Crippen molar-refractivity contribution >= 4 is 40.1 Å². The van der Waals surface area contributed by atoms with Crippen LogP contribution in [0.25, 0.3) is 10.4 Å². The summed E-state index contributed by atoms with van der Waals surface area (Å²) in [6.45, 7) is 3.40. The molecule has 0 bridgehead atoms. The zero-order chi connectivity index (χ0) is 30.6. The second-order valence-corrected chi connectivity index (χ2v) is 11.6. The Labute approximate surface area is 260 Å². The van der Waals surface area contributed by atoms with Crippen LogP contribution in [0.2, 0.25) is 0 Å². The molecule has 224 valence electrons. The van der Waals surface area contributed by atoms with Crippen LogP contribution in [0, 0.1) is 12.7 Å². The van der Waals surface area contributed by atoms with Crippen molar-refractivity contribution in [2.45, 2.75) is 19.6 Å². The van der Waals surface area contributed by atoms with Crippen LogP contribution in [-0.2, 0) is 11.2 Å². The van der Waals surface area contributed by atoms with Crippen LogP contribution < -0.4 is 15.1 Å². The molecular formula is C35H33FN4O3S. The van der Waals surface area contributed by atoms with E-state index in [9.17, 15) is 14.3 Å². The highest BCUT2D eigenvalue weighted by atomic mass is 32.1. The molecule has 7 nitrogen and oxygen atoms in total. The SMILES string of the molecule is COCCN(c1ccccc1)c1cccc(C(O)N2CCc3cc(C(=O)Nc4c(C)cccc4F)sc3-c3ccccc32)n1. The molecule has 1 amide bonds. The Hall–Kier alpha value is -4.57. The van der Waals surface area contributed by atoms with Crippen molar-refractivity contribution in [1.82, 2.24) is 4.98 Å². The number of fused-ring (bicyclic) bond motifs is 3. The van der Waals surface area contributed by atoms with Crippen molar-refractivity contribution in [3.8, 4) is 10.4 Å². The Morgan fingerprint density at radius 2 is 1.84 bits per heavy atom. The molecule has 1 aliphatic heterocycles. The summed E-state index contributed by atoms with van der Waals surface area (Å²) in [6.07, 6.45) is -0.398. The first-order valence-corrected chi connectivity index (χ1v) is 15.3. The van der Waals surface area contributed by atoms with Crippen molar-refractivity contribution in [2.24, 2.45) is 0 Å². The number of anilines is 4. The lowest BCUT2D eigenvalue weighted by molar-refractivity contribution is 0.102. The number of methoxy groups -OCH3 is 1. The fourth-order valence-electron chi connectivity index (χ4n) is 5.51. The molecule has 0 saturated carbocycles. The van der Waals surface area contributed by atoms with Gasteiger partial charge in [0.25, 0.3) is 5.91 Å². The summed E-state index contributed by atoms with van der Waals surface area (Å²) in [5.74, 6) is -0.0921. The lowest BCUT2D eigenvalue weighted by atomic mass is 10.1. The number of amides is 1. The number of ether oxygens (including phenoxy) is 1. The summed E-state index contributed by atoms with van der Waals surface area (Å²) in [4.78, 5) is 23.6. The maximum absolute atomic E-state index is 14.4. The lowest BCUT2D eigenvalue weighted by Gasteiger charge is -2.31. The van der Waals surface area contributed by atoms with Gasteiger partial charge in [0.2, 0.25) is 0 Å². The van der Waals surface area contributed by atoms with Crippen molar-refractivity contribution < 1.29 is 19.0 Å². The molecule has 44 heavy (non-hydrogen) atoms. The lowest BCUT2D eigenvalue weighted by Crippen LogP contribution is -2.31. The van der Waals surface area contributed by atoms with E-state index in [2.05, 4.69) is 10.2 Å². The Balaban J connectivity index is 1.29. The van der Waals surface area contributed by atoms with E-state index in [-0.39, 0.29) is 11.6 Å². The number of pyridine rings is 1. The minimum atomic E-state index is -1.00. The number of carbonyl (C=O) groups is 1. The first kappa shape index (κ1) is 29.5. The fraction of sp³-hybridized carbons (Fsp3) is 0.200. The van der Waals surface area contributed by atoms with E-state index in [1.165, 1.54) is 17.4 Å². The quantitative estimate of drug-likeness (QED) is 0.182. The third kappa shape index (κ3) is 5.94. The van der Waals surface area contributed by atoms with Crippen LogP contribution in [0.3, 0.4) is 0 Å². The summed E-state index contributed by atoms with van der Waals surface area (Å²) in [7, 11) is 1.67. The number of rotatable bonds is 9. The first-order valence-electron chi connectivity index (χ1n) is 14.5. The van der Waals surface area contributed by atoms with Crippen molar-refractivity contribution in [3.63, 3.8) is 0 Å². The zero-order valence-electron chi connectivity index (χ0n) is 24.5. The van der Waals surface area contributed by atoms with E-state index in [0.717, 1.165) is 27.4 Å². The van der Waals surface area contributed by atoms with Crippen LogP contribution in [0.4, 0.5) is 27.3 Å². The number of benzene rings is 3. The van der Waals surface area contributed by atoms with Crippen molar-refractivity contribution in [3.05, 3.63) is 125 Å². The molecule has 5 aromatic rings. The average Bonchev–Trinajstić information content (AvgIpc) is 3.42. The van der Waals surface area contributed by atoms with Gasteiger partial charge in [-0.1, -0.05) is 54.6 Å². The van der Waals surface area contributed by atoms with Gasteiger partial charge >= 0.3 is 0 Å². The van der Waals surface area contributed by atoms with E-state index < -0.39 is 12.0 Å². The number of nitrogens with one attached hydrogen (secondary N) is 1. The number of hydrogen-bond donors (Lipinski definition) is 2. The zero-order valence-corrected chi connectivity index (χ0v) is 25.4. The number of aryl methyl sites for hydroxylation is 1. The first-order chi connectivity index (χ1) is 21.4. The van der Waals surface area contributed by atoms with Gasteiger partial charge in [0.05, 0.1) is 22.9 Å². The van der Waals surface area contributed by atoms with Crippen LogP contribution in [0.15, 0.2) is 97.1 Å². The maximum atomic E-state index is 14.4. The van der Waals surface area contributed by atoms with Gasteiger partial charge in [-0.15, -0.1) is 11.3 Å². The average molecular weight is 609 g/mol. The van der Waals surface area contributed by atoms with E-state index in [1.807, 2.05) is 83.8 Å². The Kier molecular flexibility index (Phi) is 8.70. The highest BCUT2D eigenvalue weighted by molar-refractivity contribution is 7.17. The third-order valence-electron chi connectivity index (χ3n) is 7.75. The number of thiophene rings is 1. The highest BCUT2D eigenvalue weighted by Crippen LogP contribution is 2.43. The largest absolute Gasteiger partial charge is 0.383 e. The number of halogens is 1. The van der Waals surface area contributed by atoms with E-state index >= 15 is 0 Å². The Bertz CT molecular complexity index is 1760. The molecule has 0 fully saturated rings.